The number of amides is 1. The van der Waals surface area contributed by atoms with Crippen molar-refractivity contribution in [3.63, 3.8) is 0 Å². The second kappa shape index (κ2) is 4.06. The Morgan fingerprint density at radius 2 is 1.87 bits per heavy atom. The van der Waals surface area contributed by atoms with Gasteiger partial charge in [-0.3, -0.25) is 4.79 Å². The zero-order valence-corrected chi connectivity index (χ0v) is 7.79. The van der Waals surface area contributed by atoms with Crippen LogP contribution in [0.5, 0.6) is 0 Å². The SMILES string of the molecule is O=C(Cl)Nc1cc(F)cc(C(F)(F)F)c1. The Bertz CT molecular complexity index is 391. The largest absolute Gasteiger partial charge is 0.416 e. The highest BCUT2D eigenvalue weighted by Gasteiger charge is 2.31. The predicted molar refractivity (Wildman–Crippen MR) is 46.3 cm³/mol. The molecule has 0 aromatic heterocycles. The van der Waals surface area contributed by atoms with Crippen molar-refractivity contribution >= 4 is 22.7 Å². The Labute approximate surface area is 86.8 Å². The molecule has 0 unspecified atom stereocenters. The summed E-state index contributed by atoms with van der Waals surface area (Å²) in [6.07, 6.45) is -4.67. The Morgan fingerprint density at radius 1 is 1.27 bits per heavy atom. The molecule has 0 aliphatic rings. The van der Waals surface area contributed by atoms with Crippen molar-refractivity contribution in [1.82, 2.24) is 0 Å². The first-order chi connectivity index (χ1) is 6.79. The molecule has 0 saturated heterocycles. The number of hydrogen-bond donors (Lipinski definition) is 1. The van der Waals surface area contributed by atoms with Gasteiger partial charge in [-0.05, 0) is 29.8 Å². The van der Waals surface area contributed by atoms with E-state index in [2.05, 4.69) is 0 Å². The molecule has 0 radical (unpaired) electrons. The van der Waals surface area contributed by atoms with Gasteiger partial charge < -0.3 is 5.32 Å². The van der Waals surface area contributed by atoms with Crippen LogP contribution in [-0.2, 0) is 6.18 Å². The first-order valence-electron chi connectivity index (χ1n) is 3.63. The van der Waals surface area contributed by atoms with Crippen molar-refractivity contribution in [2.24, 2.45) is 0 Å². The molecule has 1 N–H and O–H groups in total. The fourth-order valence-corrected chi connectivity index (χ4v) is 1.05. The van der Waals surface area contributed by atoms with E-state index in [1.54, 1.807) is 0 Å². The molecular weight excluding hydrogens is 238 g/mol. The maximum absolute atomic E-state index is 12.7. The smallest absolute Gasteiger partial charge is 0.312 e. The van der Waals surface area contributed by atoms with Crippen molar-refractivity contribution in [3.8, 4) is 0 Å². The molecule has 1 amide bonds. The molecule has 0 aliphatic heterocycles. The van der Waals surface area contributed by atoms with Gasteiger partial charge in [-0.2, -0.15) is 13.2 Å². The van der Waals surface area contributed by atoms with Gasteiger partial charge in [0, 0.05) is 5.69 Å². The normalized spacial score (nSPS) is 11.3. The molecule has 7 heteroatoms. The van der Waals surface area contributed by atoms with E-state index in [1.807, 2.05) is 5.32 Å². The Hall–Kier alpha value is -1.30. The van der Waals surface area contributed by atoms with Crippen molar-refractivity contribution < 1.29 is 22.4 Å². The van der Waals surface area contributed by atoms with Gasteiger partial charge in [-0.1, -0.05) is 0 Å². The van der Waals surface area contributed by atoms with Crippen LogP contribution in [-0.4, -0.2) is 5.37 Å². The van der Waals surface area contributed by atoms with Crippen LogP contribution in [0.15, 0.2) is 18.2 Å². The van der Waals surface area contributed by atoms with Crippen molar-refractivity contribution in [1.29, 1.82) is 0 Å². The molecule has 1 aromatic carbocycles. The molecule has 0 saturated carbocycles. The molecule has 0 heterocycles. The summed E-state index contributed by atoms with van der Waals surface area (Å²) in [5.41, 5.74) is -1.54. The van der Waals surface area contributed by atoms with Gasteiger partial charge in [0.2, 0.25) is 0 Å². The summed E-state index contributed by atoms with van der Waals surface area (Å²) in [4.78, 5) is 10.3. The molecule has 0 atom stereocenters. The third kappa shape index (κ3) is 3.39. The van der Waals surface area contributed by atoms with Gasteiger partial charge >= 0.3 is 11.5 Å². The van der Waals surface area contributed by atoms with Gasteiger partial charge in [0.1, 0.15) is 5.82 Å². The zero-order chi connectivity index (χ0) is 11.6. The summed E-state index contributed by atoms with van der Waals surface area (Å²) < 4.78 is 49.2. The van der Waals surface area contributed by atoms with Crippen LogP contribution < -0.4 is 5.32 Å². The second-order valence-corrected chi connectivity index (χ2v) is 2.97. The maximum atomic E-state index is 12.7. The summed E-state index contributed by atoms with van der Waals surface area (Å²) in [6.45, 7) is 0. The molecule has 2 nitrogen and oxygen atoms in total. The van der Waals surface area contributed by atoms with E-state index in [4.69, 9.17) is 11.6 Å². The van der Waals surface area contributed by atoms with Crippen LogP contribution in [0.1, 0.15) is 5.56 Å². The summed E-state index contributed by atoms with van der Waals surface area (Å²) in [5.74, 6) is -1.11. The highest BCUT2D eigenvalue weighted by atomic mass is 35.5. The van der Waals surface area contributed by atoms with E-state index in [9.17, 15) is 22.4 Å². The summed E-state index contributed by atoms with van der Waals surface area (Å²) >= 11 is 4.88. The highest BCUT2D eigenvalue weighted by Crippen LogP contribution is 2.31. The van der Waals surface area contributed by atoms with E-state index in [-0.39, 0.29) is 5.69 Å². The Balaban J connectivity index is 3.11. The fourth-order valence-electron chi connectivity index (χ4n) is 0.939. The van der Waals surface area contributed by atoms with E-state index >= 15 is 0 Å². The molecule has 1 aromatic rings. The topological polar surface area (TPSA) is 29.1 Å². The van der Waals surface area contributed by atoms with Gasteiger partial charge in [-0.25, -0.2) is 4.39 Å². The van der Waals surface area contributed by atoms with E-state index < -0.39 is 22.9 Å². The molecule has 1 rings (SSSR count). The maximum Gasteiger partial charge on any atom is 0.416 e. The molecule has 0 spiro atoms. The number of carbonyl (C=O) groups is 1. The minimum absolute atomic E-state index is 0.323. The highest BCUT2D eigenvalue weighted by molar-refractivity contribution is 6.65. The predicted octanol–water partition coefficient (Wildman–Crippen LogP) is 3.62. The first kappa shape index (κ1) is 11.8. The van der Waals surface area contributed by atoms with Crippen LogP contribution in [0.2, 0.25) is 0 Å². The lowest BCUT2D eigenvalue weighted by Gasteiger charge is -2.08. The minimum Gasteiger partial charge on any atom is -0.312 e. The van der Waals surface area contributed by atoms with Gasteiger partial charge in [0.05, 0.1) is 5.56 Å². The van der Waals surface area contributed by atoms with Crippen LogP contribution >= 0.6 is 11.6 Å². The number of anilines is 1. The standard InChI is InChI=1S/C8H4ClF4NO/c9-7(15)14-6-2-4(8(11,12)13)1-5(10)3-6/h1-3H,(H,14,15). The second-order valence-electron chi connectivity index (χ2n) is 2.63. The van der Waals surface area contributed by atoms with Crippen molar-refractivity contribution in [3.05, 3.63) is 29.6 Å². The van der Waals surface area contributed by atoms with E-state index in [0.717, 1.165) is 6.07 Å². The average Bonchev–Trinajstić information content (AvgIpc) is 1.99. The Morgan fingerprint density at radius 3 is 2.33 bits per heavy atom. The lowest BCUT2D eigenvalue weighted by atomic mass is 10.2. The summed E-state index contributed by atoms with van der Waals surface area (Å²) in [5, 5.41) is 0.755. The number of hydrogen-bond acceptors (Lipinski definition) is 1. The van der Waals surface area contributed by atoms with Crippen molar-refractivity contribution in [2.45, 2.75) is 6.18 Å². The molecule has 0 aliphatic carbocycles. The number of benzene rings is 1. The first-order valence-corrected chi connectivity index (χ1v) is 4.01. The number of halogens is 5. The lowest BCUT2D eigenvalue weighted by Crippen LogP contribution is -2.08. The van der Waals surface area contributed by atoms with Gasteiger partial charge in [0.25, 0.3) is 0 Å². The van der Waals surface area contributed by atoms with Gasteiger partial charge in [-0.15, -0.1) is 0 Å². The van der Waals surface area contributed by atoms with Crippen molar-refractivity contribution in [2.75, 3.05) is 5.32 Å². The molecule has 15 heavy (non-hydrogen) atoms. The minimum atomic E-state index is -4.67. The van der Waals surface area contributed by atoms with Crippen LogP contribution in [0, 0.1) is 5.82 Å². The molecule has 0 bridgehead atoms. The monoisotopic (exact) mass is 241 g/mol. The van der Waals surface area contributed by atoms with Crippen LogP contribution in [0.25, 0.3) is 0 Å². The number of carbonyl (C=O) groups excluding carboxylic acids is 1. The lowest BCUT2D eigenvalue weighted by molar-refractivity contribution is -0.137. The summed E-state index contributed by atoms with van der Waals surface area (Å²) in [7, 11) is 0. The fraction of sp³-hybridized carbons (Fsp3) is 0.125. The van der Waals surface area contributed by atoms with E-state index in [0.29, 0.717) is 12.1 Å². The van der Waals surface area contributed by atoms with Crippen LogP contribution in [0.4, 0.5) is 28.0 Å². The number of rotatable bonds is 1. The van der Waals surface area contributed by atoms with Crippen LogP contribution in [0.3, 0.4) is 0 Å². The van der Waals surface area contributed by atoms with E-state index in [1.165, 1.54) is 0 Å². The Kier molecular flexibility index (Phi) is 3.18. The quantitative estimate of drug-likeness (QED) is 0.454. The molecular formula is C8H4ClF4NO. The average molecular weight is 242 g/mol. The third-order valence-corrected chi connectivity index (χ3v) is 1.56. The number of nitrogens with one attached hydrogen (secondary N) is 1. The molecule has 0 fully saturated rings. The summed E-state index contributed by atoms with van der Waals surface area (Å²) in [6, 6.07) is 1.64. The number of alkyl halides is 3. The van der Waals surface area contributed by atoms with Gasteiger partial charge in [0.15, 0.2) is 0 Å². The third-order valence-electron chi connectivity index (χ3n) is 1.47. The molecule has 82 valence electrons. The zero-order valence-electron chi connectivity index (χ0n) is 7.03.